The minimum atomic E-state index is -0.329. The summed E-state index contributed by atoms with van der Waals surface area (Å²) in [6, 6.07) is 0. The van der Waals surface area contributed by atoms with Crippen molar-refractivity contribution >= 4 is 6.29 Å². The molecule has 0 amide bonds. The highest BCUT2D eigenvalue weighted by atomic mass is 16.5. The number of carbonyl (C=O) groups is 1. The standard InChI is InChI=1S/C7H14O3/c1-6(4-8)10-7(2)5-9-3/h4,6-7H,5H2,1-3H3. The van der Waals surface area contributed by atoms with Crippen LogP contribution in [0, 0.1) is 0 Å². The molecule has 0 radical (unpaired) electrons. The van der Waals surface area contributed by atoms with Crippen LogP contribution in [-0.4, -0.2) is 32.2 Å². The summed E-state index contributed by atoms with van der Waals surface area (Å²) in [5, 5.41) is 0. The summed E-state index contributed by atoms with van der Waals surface area (Å²) in [6.45, 7) is 4.10. The third kappa shape index (κ3) is 4.47. The summed E-state index contributed by atoms with van der Waals surface area (Å²) in [5.41, 5.74) is 0. The molecule has 0 aromatic rings. The Hall–Kier alpha value is -0.410. The molecule has 60 valence electrons. The summed E-state index contributed by atoms with van der Waals surface area (Å²) >= 11 is 0. The van der Waals surface area contributed by atoms with Crippen molar-refractivity contribution < 1.29 is 14.3 Å². The van der Waals surface area contributed by atoms with Crippen LogP contribution in [0.4, 0.5) is 0 Å². The van der Waals surface area contributed by atoms with E-state index in [1.807, 2.05) is 6.92 Å². The first-order valence-corrected chi connectivity index (χ1v) is 3.30. The van der Waals surface area contributed by atoms with E-state index in [1.165, 1.54) is 0 Å². The largest absolute Gasteiger partial charge is 0.382 e. The average molecular weight is 146 g/mol. The second kappa shape index (κ2) is 5.38. The van der Waals surface area contributed by atoms with Crippen molar-refractivity contribution in [1.82, 2.24) is 0 Å². The normalized spacial score (nSPS) is 16.3. The molecule has 0 aliphatic carbocycles. The van der Waals surface area contributed by atoms with Gasteiger partial charge in [-0.05, 0) is 13.8 Å². The second-order valence-corrected chi connectivity index (χ2v) is 2.24. The molecule has 0 bridgehead atoms. The third-order valence-corrected chi connectivity index (χ3v) is 1.04. The molecule has 3 nitrogen and oxygen atoms in total. The molecule has 0 heterocycles. The van der Waals surface area contributed by atoms with Gasteiger partial charge in [-0.3, -0.25) is 0 Å². The number of hydrogen-bond acceptors (Lipinski definition) is 3. The van der Waals surface area contributed by atoms with Crippen LogP contribution < -0.4 is 0 Å². The molecule has 0 saturated heterocycles. The number of methoxy groups -OCH3 is 1. The lowest BCUT2D eigenvalue weighted by molar-refractivity contribution is -0.121. The van der Waals surface area contributed by atoms with E-state index in [2.05, 4.69) is 0 Å². The number of rotatable bonds is 5. The number of ether oxygens (including phenoxy) is 2. The fourth-order valence-corrected chi connectivity index (χ4v) is 0.672. The Balaban J connectivity index is 3.36. The molecular formula is C7H14O3. The maximum Gasteiger partial charge on any atom is 0.148 e. The molecule has 0 aliphatic rings. The first kappa shape index (κ1) is 9.59. The number of aldehydes is 1. The van der Waals surface area contributed by atoms with Gasteiger partial charge in [-0.25, -0.2) is 0 Å². The SMILES string of the molecule is COCC(C)OC(C)C=O. The lowest BCUT2D eigenvalue weighted by Gasteiger charge is -2.13. The minimum Gasteiger partial charge on any atom is -0.382 e. The first-order chi connectivity index (χ1) is 4.70. The van der Waals surface area contributed by atoms with Crippen LogP contribution in [0.3, 0.4) is 0 Å². The number of carbonyl (C=O) groups excluding carboxylic acids is 1. The molecule has 2 unspecified atom stereocenters. The van der Waals surface area contributed by atoms with Gasteiger partial charge in [0.2, 0.25) is 0 Å². The Labute approximate surface area is 61.3 Å². The van der Waals surface area contributed by atoms with Gasteiger partial charge in [0, 0.05) is 7.11 Å². The lowest BCUT2D eigenvalue weighted by atomic mass is 10.4. The molecule has 0 aromatic heterocycles. The van der Waals surface area contributed by atoms with E-state index in [0.29, 0.717) is 6.61 Å². The van der Waals surface area contributed by atoms with E-state index in [9.17, 15) is 4.79 Å². The fraction of sp³-hybridized carbons (Fsp3) is 0.857. The molecule has 0 saturated carbocycles. The summed E-state index contributed by atoms with van der Waals surface area (Å²) in [6.07, 6.45) is 0.432. The van der Waals surface area contributed by atoms with Crippen LogP contribution in [-0.2, 0) is 14.3 Å². The van der Waals surface area contributed by atoms with Crippen molar-refractivity contribution in [2.75, 3.05) is 13.7 Å². The van der Waals surface area contributed by atoms with E-state index in [0.717, 1.165) is 6.29 Å². The van der Waals surface area contributed by atoms with Crippen LogP contribution in [0.5, 0.6) is 0 Å². The lowest BCUT2D eigenvalue weighted by Crippen LogP contribution is -2.21. The van der Waals surface area contributed by atoms with Crippen LogP contribution in [0.15, 0.2) is 0 Å². The summed E-state index contributed by atoms with van der Waals surface area (Å²) in [7, 11) is 1.60. The molecular weight excluding hydrogens is 132 g/mol. The van der Waals surface area contributed by atoms with E-state index < -0.39 is 0 Å². The van der Waals surface area contributed by atoms with Gasteiger partial charge in [0.15, 0.2) is 0 Å². The van der Waals surface area contributed by atoms with Gasteiger partial charge < -0.3 is 14.3 Å². The second-order valence-electron chi connectivity index (χ2n) is 2.24. The topological polar surface area (TPSA) is 35.5 Å². The highest BCUT2D eigenvalue weighted by Crippen LogP contribution is 1.95. The predicted molar refractivity (Wildman–Crippen MR) is 37.9 cm³/mol. The van der Waals surface area contributed by atoms with Gasteiger partial charge in [0.25, 0.3) is 0 Å². The van der Waals surface area contributed by atoms with Crippen molar-refractivity contribution in [2.24, 2.45) is 0 Å². The van der Waals surface area contributed by atoms with Gasteiger partial charge in [0.1, 0.15) is 12.4 Å². The maximum atomic E-state index is 10.1. The van der Waals surface area contributed by atoms with E-state index in [-0.39, 0.29) is 12.2 Å². The summed E-state index contributed by atoms with van der Waals surface area (Å²) in [5.74, 6) is 0. The fourth-order valence-electron chi connectivity index (χ4n) is 0.672. The molecule has 0 N–H and O–H groups in total. The van der Waals surface area contributed by atoms with Crippen molar-refractivity contribution in [3.8, 4) is 0 Å². The smallest absolute Gasteiger partial charge is 0.148 e. The Morgan fingerprint density at radius 2 is 2.10 bits per heavy atom. The summed E-state index contributed by atoms with van der Waals surface area (Å²) in [4.78, 5) is 10.1. The monoisotopic (exact) mass is 146 g/mol. The Bertz CT molecular complexity index is 92.9. The van der Waals surface area contributed by atoms with Crippen molar-refractivity contribution in [2.45, 2.75) is 26.1 Å². The van der Waals surface area contributed by atoms with Crippen molar-refractivity contribution in [3.05, 3.63) is 0 Å². The maximum absolute atomic E-state index is 10.1. The van der Waals surface area contributed by atoms with Crippen LogP contribution >= 0.6 is 0 Å². The van der Waals surface area contributed by atoms with Gasteiger partial charge in [0.05, 0.1) is 12.7 Å². The van der Waals surface area contributed by atoms with Crippen molar-refractivity contribution in [3.63, 3.8) is 0 Å². The van der Waals surface area contributed by atoms with Crippen LogP contribution in [0.2, 0.25) is 0 Å². The zero-order chi connectivity index (χ0) is 7.98. The molecule has 10 heavy (non-hydrogen) atoms. The molecule has 3 heteroatoms. The Morgan fingerprint density at radius 3 is 2.50 bits per heavy atom. The molecule has 0 aliphatic heterocycles. The Morgan fingerprint density at radius 1 is 1.50 bits per heavy atom. The molecule has 0 spiro atoms. The van der Waals surface area contributed by atoms with Gasteiger partial charge in [-0.1, -0.05) is 0 Å². The predicted octanol–water partition coefficient (Wildman–Crippen LogP) is 0.625. The van der Waals surface area contributed by atoms with Crippen molar-refractivity contribution in [1.29, 1.82) is 0 Å². The summed E-state index contributed by atoms with van der Waals surface area (Å²) < 4.78 is 9.95. The van der Waals surface area contributed by atoms with Gasteiger partial charge in [-0.2, -0.15) is 0 Å². The minimum absolute atomic E-state index is 0.00907. The number of hydrogen-bond donors (Lipinski definition) is 0. The highest BCUT2D eigenvalue weighted by Gasteiger charge is 2.05. The van der Waals surface area contributed by atoms with Crippen LogP contribution in [0.1, 0.15) is 13.8 Å². The highest BCUT2D eigenvalue weighted by molar-refractivity contribution is 5.55. The quantitative estimate of drug-likeness (QED) is 0.533. The van der Waals surface area contributed by atoms with Gasteiger partial charge in [-0.15, -0.1) is 0 Å². The van der Waals surface area contributed by atoms with E-state index in [4.69, 9.17) is 9.47 Å². The van der Waals surface area contributed by atoms with Gasteiger partial charge >= 0.3 is 0 Å². The first-order valence-electron chi connectivity index (χ1n) is 3.30. The molecule has 0 fully saturated rings. The zero-order valence-corrected chi connectivity index (χ0v) is 6.66. The molecule has 2 atom stereocenters. The Kier molecular flexibility index (Phi) is 5.16. The molecule has 0 aromatic carbocycles. The molecule has 0 rings (SSSR count). The third-order valence-electron chi connectivity index (χ3n) is 1.04. The average Bonchev–Trinajstić information content (AvgIpc) is 1.88. The van der Waals surface area contributed by atoms with Crippen LogP contribution in [0.25, 0.3) is 0 Å². The van der Waals surface area contributed by atoms with E-state index >= 15 is 0 Å². The zero-order valence-electron chi connectivity index (χ0n) is 6.66. The van der Waals surface area contributed by atoms with E-state index in [1.54, 1.807) is 14.0 Å².